The van der Waals surface area contributed by atoms with E-state index in [0.29, 0.717) is 12.3 Å². The Morgan fingerprint density at radius 2 is 2.00 bits per heavy atom. The molecule has 19 heavy (non-hydrogen) atoms. The molecule has 2 rings (SSSR count). The highest BCUT2D eigenvalue weighted by Gasteiger charge is 2.25. The summed E-state index contributed by atoms with van der Waals surface area (Å²) in [7, 11) is 0. The van der Waals surface area contributed by atoms with Crippen molar-refractivity contribution in [2.45, 2.75) is 33.2 Å². The molecule has 0 saturated carbocycles. The molecule has 104 valence electrons. The van der Waals surface area contributed by atoms with Crippen LogP contribution >= 0.6 is 0 Å². The first-order chi connectivity index (χ1) is 8.97. The second-order valence-corrected chi connectivity index (χ2v) is 5.49. The lowest BCUT2D eigenvalue weighted by molar-refractivity contribution is -0.143. The summed E-state index contributed by atoms with van der Waals surface area (Å²) in [6.07, 6.45) is 1.71. The number of likely N-dealkylation sites (tertiary alicyclic amines) is 1. The molecule has 4 heteroatoms. The van der Waals surface area contributed by atoms with Crippen molar-refractivity contribution in [3.8, 4) is 5.75 Å². The van der Waals surface area contributed by atoms with E-state index in [0.717, 1.165) is 42.6 Å². The second-order valence-electron chi connectivity index (χ2n) is 5.49. The van der Waals surface area contributed by atoms with Crippen molar-refractivity contribution in [1.29, 1.82) is 0 Å². The number of phenolic OH excluding ortho intramolecular Hbond substituents is 1. The van der Waals surface area contributed by atoms with Crippen molar-refractivity contribution in [3.05, 3.63) is 28.8 Å². The second kappa shape index (κ2) is 5.61. The van der Waals surface area contributed by atoms with Gasteiger partial charge in [0.2, 0.25) is 0 Å². The van der Waals surface area contributed by atoms with Crippen molar-refractivity contribution in [2.24, 2.45) is 5.92 Å². The van der Waals surface area contributed by atoms with Gasteiger partial charge < -0.3 is 10.2 Å². The number of aliphatic carboxylic acids is 1. The molecule has 1 fully saturated rings. The maximum Gasteiger partial charge on any atom is 0.307 e. The number of aryl methyl sites for hydroxylation is 2. The van der Waals surface area contributed by atoms with E-state index in [4.69, 9.17) is 5.11 Å². The summed E-state index contributed by atoms with van der Waals surface area (Å²) < 4.78 is 0. The first kappa shape index (κ1) is 13.9. The van der Waals surface area contributed by atoms with Crippen molar-refractivity contribution < 1.29 is 15.0 Å². The van der Waals surface area contributed by atoms with E-state index in [9.17, 15) is 9.90 Å². The standard InChI is InChI=1S/C15H21NO3/c1-10-6-12(7-11(2)14(10)17)8-16-5-3-4-13(9-16)15(18)19/h6-7,13,17H,3-5,8-9H2,1-2H3,(H,18,19). The molecule has 0 aliphatic carbocycles. The number of rotatable bonds is 3. The van der Waals surface area contributed by atoms with E-state index >= 15 is 0 Å². The highest BCUT2D eigenvalue weighted by molar-refractivity contribution is 5.70. The fourth-order valence-electron chi connectivity index (χ4n) is 2.80. The van der Waals surface area contributed by atoms with Gasteiger partial charge >= 0.3 is 5.97 Å². The van der Waals surface area contributed by atoms with Crippen LogP contribution in [0.5, 0.6) is 5.75 Å². The summed E-state index contributed by atoms with van der Waals surface area (Å²) in [6, 6.07) is 3.96. The number of carboxylic acids is 1. The number of aromatic hydroxyl groups is 1. The van der Waals surface area contributed by atoms with Crippen LogP contribution in [0.1, 0.15) is 29.5 Å². The molecule has 4 nitrogen and oxygen atoms in total. The van der Waals surface area contributed by atoms with E-state index in [1.165, 1.54) is 0 Å². The Bertz CT molecular complexity index is 461. The van der Waals surface area contributed by atoms with Gasteiger partial charge in [-0.25, -0.2) is 0 Å². The fraction of sp³-hybridized carbons (Fsp3) is 0.533. The molecule has 1 aromatic rings. The Morgan fingerprint density at radius 1 is 1.37 bits per heavy atom. The van der Waals surface area contributed by atoms with Crippen molar-refractivity contribution in [2.75, 3.05) is 13.1 Å². The molecule has 1 aliphatic rings. The SMILES string of the molecule is Cc1cc(CN2CCCC(C(=O)O)C2)cc(C)c1O. The highest BCUT2D eigenvalue weighted by atomic mass is 16.4. The number of carbonyl (C=O) groups is 1. The molecule has 2 N–H and O–H groups in total. The van der Waals surface area contributed by atoms with E-state index in [1.54, 1.807) is 0 Å². The molecule has 1 heterocycles. The topological polar surface area (TPSA) is 60.8 Å². The summed E-state index contributed by atoms with van der Waals surface area (Å²) >= 11 is 0. The van der Waals surface area contributed by atoms with Crippen LogP contribution in [0, 0.1) is 19.8 Å². The molecule has 0 bridgehead atoms. The Hall–Kier alpha value is -1.55. The summed E-state index contributed by atoms with van der Waals surface area (Å²) in [6.45, 7) is 6.10. The number of hydrogen-bond donors (Lipinski definition) is 2. The Balaban J connectivity index is 2.07. The minimum absolute atomic E-state index is 0.243. The average molecular weight is 263 g/mol. The minimum atomic E-state index is -0.692. The van der Waals surface area contributed by atoms with Crippen LogP contribution in [0.2, 0.25) is 0 Å². The number of piperidine rings is 1. The maximum atomic E-state index is 11.0. The van der Waals surface area contributed by atoms with Gasteiger partial charge in [-0.15, -0.1) is 0 Å². The van der Waals surface area contributed by atoms with Gasteiger partial charge in [-0.2, -0.15) is 0 Å². The predicted octanol–water partition coefficient (Wildman–Crippen LogP) is 2.31. The highest BCUT2D eigenvalue weighted by Crippen LogP contribution is 2.25. The molecule has 1 aromatic carbocycles. The van der Waals surface area contributed by atoms with Gasteiger partial charge in [-0.1, -0.05) is 12.1 Å². The molecule has 1 saturated heterocycles. The molecule has 0 radical (unpaired) electrons. The van der Waals surface area contributed by atoms with Crippen LogP contribution in [-0.4, -0.2) is 34.2 Å². The Morgan fingerprint density at radius 3 is 2.58 bits per heavy atom. The molecular formula is C15H21NO3. The quantitative estimate of drug-likeness (QED) is 0.878. The number of nitrogens with zero attached hydrogens (tertiary/aromatic N) is 1. The van der Waals surface area contributed by atoms with Gasteiger partial charge in [0, 0.05) is 13.1 Å². The Labute approximate surface area is 113 Å². The monoisotopic (exact) mass is 263 g/mol. The maximum absolute atomic E-state index is 11.0. The van der Waals surface area contributed by atoms with Gasteiger partial charge in [0.15, 0.2) is 0 Å². The summed E-state index contributed by atoms with van der Waals surface area (Å²) in [5.74, 6) is -0.582. The van der Waals surface area contributed by atoms with E-state index in [1.807, 2.05) is 26.0 Å². The Kier molecular flexibility index (Phi) is 4.10. The van der Waals surface area contributed by atoms with Crippen LogP contribution in [0.4, 0.5) is 0 Å². The lowest BCUT2D eigenvalue weighted by atomic mass is 9.97. The van der Waals surface area contributed by atoms with E-state index < -0.39 is 5.97 Å². The van der Waals surface area contributed by atoms with Crippen LogP contribution in [0.3, 0.4) is 0 Å². The van der Waals surface area contributed by atoms with Crippen molar-refractivity contribution in [3.63, 3.8) is 0 Å². The third kappa shape index (κ3) is 3.26. The van der Waals surface area contributed by atoms with Crippen LogP contribution in [0.15, 0.2) is 12.1 Å². The summed E-state index contributed by atoms with van der Waals surface area (Å²) in [4.78, 5) is 13.2. The minimum Gasteiger partial charge on any atom is -0.507 e. The van der Waals surface area contributed by atoms with Gasteiger partial charge in [-0.3, -0.25) is 9.69 Å². The van der Waals surface area contributed by atoms with Crippen LogP contribution in [0.25, 0.3) is 0 Å². The largest absolute Gasteiger partial charge is 0.507 e. The lowest BCUT2D eigenvalue weighted by Gasteiger charge is -2.30. The summed E-state index contributed by atoms with van der Waals surface area (Å²) in [5, 5.41) is 18.8. The smallest absolute Gasteiger partial charge is 0.307 e. The van der Waals surface area contributed by atoms with Crippen molar-refractivity contribution in [1.82, 2.24) is 4.90 Å². The van der Waals surface area contributed by atoms with Crippen LogP contribution < -0.4 is 0 Å². The van der Waals surface area contributed by atoms with Crippen molar-refractivity contribution >= 4 is 5.97 Å². The zero-order valence-corrected chi connectivity index (χ0v) is 11.5. The van der Waals surface area contributed by atoms with Gasteiger partial charge in [0.25, 0.3) is 0 Å². The molecule has 1 atom stereocenters. The van der Waals surface area contributed by atoms with E-state index in [-0.39, 0.29) is 5.92 Å². The first-order valence-electron chi connectivity index (χ1n) is 6.71. The third-order valence-electron chi connectivity index (χ3n) is 3.81. The zero-order chi connectivity index (χ0) is 14.0. The normalized spacial score (nSPS) is 20.4. The molecule has 1 unspecified atom stereocenters. The number of carboxylic acid groups (broad SMARTS) is 1. The van der Waals surface area contributed by atoms with E-state index in [2.05, 4.69) is 4.90 Å². The average Bonchev–Trinajstić information content (AvgIpc) is 2.36. The number of hydrogen-bond acceptors (Lipinski definition) is 3. The molecule has 0 aromatic heterocycles. The molecule has 0 spiro atoms. The number of benzene rings is 1. The lowest BCUT2D eigenvalue weighted by Crippen LogP contribution is -2.38. The van der Waals surface area contributed by atoms with Gasteiger partial charge in [-0.05, 0) is 49.9 Å². The zero-order valence-electron chi connectivity index (χ0n) is 11.5. The molecule has 1 aliphatic heterocycles. The predicted molar refractivity (Wildman–Crippen MR) is 73.2 cm³/mol. The van der Waals surface area contributed by atoms with Crippen LogP contribution in [-0.2, 0) is 11.3 Å². The number of phenols is 1. The van der Waals surface area contributed by atoms with Gasteiger partial charge in [0.05, 0.1) is 5.92 Å². The summed E-state index contributed by atoms with van der Waals surface area (Å²) in [5.41, 5.74) is 2.89. The fourth-order valence-corrected chi connectivity index (χ4v) is 2.80. The first-order valence-corrected chi connectivity index (χ1v) is 6.71. The molecule has 0 amide bonds. The van der Waals surface area contributed by atoms with Gasteiger partial charge in [0.1, 0.15) is 5.75 Å². The molecular weight excluding hydrogens is 242 g/mol. The third-order valence-corrected chi connectivity index (χ3v) is 3.81.